The summed E-state index contributed by atoms with van der Waals surface area (Å²) in [5, 5.41) is 4.87. The molecule has 0 aromatic heterocycles. The van der Waals surface area contributed by atoms with E-state index in [0.29, 0.717) is 17.2 Å². The van der Waals surface area contributed by atoms with Crippen LogP contribution in [0.15, 0.2) is 77.7 Å². The molecule has 4 rings (SSSR count). The summed E-state index contributed by atoms with van der Waals surface area (Å²) in [6, 6.07) is 21.9. The first-order chi connectivity index (χ1) is 16.0. The molecule has 0 radical (unpaired) electrons. The van der Waals surface area contributed by atoms with Crippen molar-refractivity contribution in [3.8, 4) is 11.5 Å². The largest absolute Gasteiger partial charge is 0.456 e. The molecule has 0 saturated carbocycles. The van der Waals surface area contributed by atoms with Crippen molar-refractivity contribution in [1.82, 2.24) is 0 Å². The first-order valence-corrected chi connectivity index (χ1v) is 11.2. The lowest BCUT2D eigenvalue weighted by Gasteiger charge is -2.23. The summed E-state index contributed by atoms with van der Waals surface area (Å²) in [7, 11) is 0. The quantitative estimate of drug-likeness (QED) is 0.491. The lowest BCUT2D eigenvalue weighted by Crippen LogP contribution is -2.32. The Morgan fingerprint density at radius 3 is 2.55 bits per heavy atom. The van der Waals surface area contributed by atoms with Crippen LogP contribution >= 0.6 is 11.8 Å². The molecule has 1 heterocycles. The second-order valence-corrected chi connectivity index (χ2v) is 8.66. The minimum atomic E-state index is -0.624. The van der Waals surface area contributed by atoms with Gasteiger partial charge in [-0.3, -0.25) is 14.4 Å². The van der Waals surface area contributed by atoms with Crippen LogP contribution in [0.25, 0.3) is 0 Å². The van der Waals surface area contributed by atoms with Crippen LogP contribution in [0.5, 0.6) is 11.5 Å². The van der Waals surface area contributed by atoms with Gasteiger partial charge in [0, 0.05) is 4.90 Å². The van der Waals surface area contributed by atoms with E-state index in [1.54, 1.807) is 30.3 Å². The molecule has 1 unspecified atom stereocenters. The summed E-state index contributed by atoms with van der Waals surface area (Å²) in [6.07, 6.45) is -0.134. The molecule has 8 heteroatoms. The Balaban J connectivity index is 1.29. The van der Waals surface area contributed by atoms with Crippen LogP contribution in [-0.2, 0) is 19.1 Å². The summed E-state index contributed by atoms with van der Waals surface area (Å²) in [4.78, 5) is 37.7. The van der Waals surface area contributed by atoms with Gasteiger partial charge in [0.25, 0.3) is 5.91 Å². The zero-order valence-corrected chi connectivity index (χ0v) is 18.7. The molecule has 0 aliphatic carbocycles. The Morgan fingerprint density at radius 2 is 1.73 bits per heavy atom. The van der Waals surface area contributed by atoms with Crippen LogP contribution in [0.2, 0.25) is 0 Å². The highest BCUT2D eigenvalue weighted by Crippen LogP contribution is 2.36. The van der Waals surface area contributed by atoms with Gasteiger partial charge in [0.05, 0.1) is 23.0 Å². The molecule has 2 N–H and O–H groups in total. The maximum Gasteiger partial charge on any atom is 0.307 e. The van der Waals surface area contributed by atoms with Gasteiger partial charge in [0.2, 0.25) is 5.91 Å². The minimum absolute atomic E-state index is 0.134. The van der Waals surface area contributed by atoms with Crippen molar-refractivity contribution in [2.75, 3.05) is 17.2 Å². The number of fused-ring (bicyclic) bond motifs is 1. The molecule has 1 atom stereocenters. The zero-order valence-electron chi connectivity index (χ0n) is 17.9. The van der Waals surface area contributed by atoms with Crippen LogP contribution in [0, 0.1) is 6.92 Å². The number of esters is 1. The van der Waals surface area contributed by atoms with Crippen molar-refractivity contribution in [2.24, 2.45) is 0 Å². The second-order valence-electron chi connectivity index (χ2n) is 7.42. The average molecular weight is 463 g/mol. The van der Waals surface area contributed by atoms with Crippen LogP contribution in [0.1, 0.15) is 12.0 Å². The number of hydrogen-bond donors (Lipinski definition) is 2. The van der Waals surface area contributed by atoms with E-state index in [4.69, 9.17) is 9.47 Å². The first-order valence-electron chi connectivity index (χ1n) is 10.3. The van der Waals surface area contributed by atoms with E-state index in [9.17, 15) is 14.4 Å². The molecule has 7 nitrogen and oxygen atoms in total. The van der Waals surface area contributed by atoms with Crippen LogP contribution < -0.4 is 15.4 Å². The lowest BCUT2D eigenvalue weighted by molar-refractivity contribution is -0.147. The fourth-order valence-electron chi connectivity index (χ4n) is 3.16. The maximum absolute atomic E-state index is 12.4. The third kappa shape index (κ3) is 5.93. The van der Waals surface area contributed by atoms with Crippen molar-refractivity contribution in [3.05, 3.63) is 78.4 Å². The predicted octanol–water partition coefficient (Wildman–Crippen LogP) is 4.77. The first kappa shape index (κ1) is 22.4. The van der Waals surface area contributed by atoms with Gasteiger partial charge in [-0.2, -0.15) is 0 Å². The second kappa shape index (κ2) is 10.2. The number of nitrogens with one attached hydrogen (secondary N) is 2. The van der Waals surface area contributed by atoms with Gasteiger partial charge >= 0.3 is 5.97 Å². The molecular formula is C25H22N2O5S. The third-order valence-corrected chi connectivity index (χ3v) is 6.11. The third-order valence-electron chi connectivity index (χ3n) is 4.83. The van der Waals surface area contributed by atoms with Gasteiger partial charge in [0.15, 0.2) is 12.4 Å². The Bertz CT molecular complexity index is 1180. The van der Waals surface area contributed by atoms with Crippen LogP contribution in [0.3, 0.4) is 0 Å². The average Bonchev–Trinajstić information content (AvgIpc) is 2.81. The number of benzene rings is 3. The molecule has 1 aliphatic heterocycles. The number of carbonyl (C=O) groups is 3. The zero-order chi connectivity index (χ0) is 23.2. The molecule has 1 aliphatic rings. The fourth-order valence-corrected chi connectivity index (χ4v) is 4.26. The molecule has 0 bridgehead atoms. The van der Waals surface area contributed by atoms with Gasteiger partial charge < -0.3 is 20.1 Å². The summed E-state index contributed by atoms with van der Waals surface area (Å²) >= 11 is 1.30. The van der Waals surface area contributed by atoms with Gasteiger partial charge in [-0.05, 0) is 43.3 Å². The normalized spacial score (nSPS) is 14.6. The molecule has 3 aromatic rings. The highest BCUT2D eigenvalue weighted by atomic mass is 32.2. The molecule has 0 spiro atoms. The number of ether oxygens (including phenoxy) is 2. The Kier molecular flexibility index (Phi) is 6.95. The molecule has 2 amide bonds. The monoisotopic (exact) mass is 462 g/mol. The van der Waals surface area contributed by atoms with Crippen molar-refractivity contribution in [3.63, 3.8) is 0 Å². The Hall–Kier alpha value is -3.78. The van der Waals surface area contributed by atoms with E-state index >= 15 is 0 Å². The van der Waals surface area contributed by atoms with Gasteiger partial charge in [-0.25, -0.2) is 0 Å². The molecule has 168 valence electrons. The van der Waals surface area contributed by atoms with Crippen molar-refractivity contribution >= 4 is 40.9 Å². The van der Waals surface area contributed by atoms with E-state index in [-0.39, 0.29) is 12.3 Å². The number of anilines is 2. The van der Waals surface area contributed by atoms with E-state index in [2.05, 4.69) is 10.6 Å². The number of para-hydroxylation sites is 3. The lowest BCUT2D eigenvalue weighted by atomic mass is 10.2. The topological polar surface area (TPSA) is 93.7 Å². The fraction of sp³-hybridized carbons (Fsp3) is 0.160. The Labute approximate surface area is 195 Å². The van der Waals surface area contributed by atoms with Crippen molar-refractivity contribution < 1.29 is 23.9 Å². The van der Waals surface area contributed by atoms with Crippen LogP contribution in [-0.4, -0.2) is 29.6 Å². The smallest absolute Gasteiger partial charge is 0.307 e. The highest BCUT2D eigenvalue weighted by molar-refractivity contribution is 8.01. The highest BCUT2D eigenvalue weighted by Gasteiger charge is 2.29. The molecule has 3 aromatic carbocycles. The van der Waals surface area contributed by atoms with Gasteiger partial charge in [-0.15, -0.1) is 11.8 Å². The van der Waals surface area contributed by atoms with Crippen molar-refractivity contribution in [1.29, 1.82) is 0 Å². The van der Waals surface area contributed by atoms with Gasteiger partial charge in [-0.1, -0.05) is 42.0 Å². The van der Waals surface area contributed by atoms with E-state index in [0.717, 1.165) is 16.1 Å². The number of aryl methyl sites for hydroxylation is 1. The number of carbonyl (C=O) groups excluding carboxylic acids is 3. The number of amides is 2. The number of thioether (sulfide) groups is 1. The molecular weight excluding hydrogens is 440 g/mol. The predicted molar refractivity (Wildman–Crippen MR) is 127 cm³/mol. The summed E-state index contributed by atoms with van der Waals surface area (Å²) < 4.78 is 11.0. The van der Waals surface area contributed by atoms with E-state index in [1.807, 2.05) is 49.4 Å². The molecule has 33 heavy (non-hydrogen) atoms. The Morgan fingerprint density at radius 1 is 1.00 bits per heavy atom. The maximum atomic E-state index is 12.4. The molecule has 0 fully saturated rings. The van der Waals surface area contributed by atoms with E-state index < -0.39 is 23.7 Å². The van der Waals surface area contributed by atoms with E-state index in [1.165, 1.54) is 11.8 Å². The summed E-state index contributed by atoms with van der Waals surface area (Å²) in [5.74, 6) is -0.286. The number of rotatable bonds is 7. The minimum Gasteiger partial charge on any atom is -0.456 e. The summed E-state index contributed by atoms with van der Waals surface area (Å²) in [5.41, 5.74) is 2.29. The number of hydrogen-bond acceptors (Lipinski definition) is 6. The van der Waals surface area contributed by atoms with Gasteiger partial charge in [0.1, 0.15) is 5.75 Å². The molecule has 0 saturated heterocycles. The van der Waals surface area contributed by atoms with Crippen molar-refractivity contribution in [2.45, 2.75) is 23.5 Å². The standard InChI is InChI=1S/C25H22N2O5S/c1-16-10-12-17(13-11-16)32-20-8-4-2-6-18(20)26-23(28)15-31-24(29)14-22-25(30)27-19-7-3-5-9-21(19)33-22/h2-13,22H,14-15H2,1H3,(H,26,28)(H,27,30). The SMILES string of the molecule is Cc1ccc(Oc2ccccc2NC(=O)COC(=O)CC2Sc3ccccc3NC2=O)cc1. The summed E-state index contributed by atoms with van der Waals surface area (Å²) in [6.45, 7) is 1.52. The van der Waals surface area contributed by atoms with Crippen LogP contribution in [0.4, 0.5) is 11.4 Å².